The minimum Gasteiger partial charge on any atom is -0.477 e. The van der Waals surface area contributed by atoms with Gasteiger partial charge in [-0.2, -0.15) is 4.37 Å². The lowest BCUT2D eigenvalue weighted by molar-refractivity contribution is 0.0693. The molecule has 0 spiro atoms. The maximum atomic E-state index is 14.0. The Kier molecular flexibility index (Phi) is 8.19. The SMILES string of the molecule is Cc1ccc(COc2nsc(NC(=O)NCCCCN3CCCC3)c2C(=O)O)c(F)c1. The molecule has 3 rings (SSSR count). The van der Waals surface area contributed by atoms with E-state index in [2.05, 4.69) is 19.9 Å². The third-order valence-electron chi connectivity index (χ3n) is 5.06. The first-order chi connectivity index (χ1) is 14.9. The molecule has 2 aromatic rings. The molecular formula is C21H27FN4O4S. The number of carbonyl (C=O) groups is 2. The number of aryl methyl sites for hydroxylation is 1. The van der Waals surface area contributed by atoms with Gasteiger partial charge in [0.15, 0.2) is 5.56 Å². The van der Waals surface area contributed by atoms with Gasteiger partial charge in [-0.15, -0.1) is 0 Å². The molecule has 0 saturated carbocycles. The predicted molar refractivity (Wildman–Crippen MR) is 116 cm³/mol. The second-order valence-electron chi connectivity index (χ2n) is 7.52. The summed E-state index contributed by atoms with van der Waals surface area (Å²) >= 11 is 0.807. The summed E-state index contributed by atoms with van der Waals surface area (Å²) in [6.07, 6.45) is 4.35. The van der Waals surface area contributed by atoms with Gasteiger partial charge in [0.2, 0.25) is 5.88 Å². The van der Waals surface area contributed by atoms with Gasteiger partial charge in [-0.3, -0.25) is 5.32 Å². The van der Waals surface area contributed by atoms with Crippen LogP contribution in [0.3, 0.4) is 0 Å². The first-order valence-electron chi connectivity index (χ1n) is 10.3. The zero-order valence-electron chi connectivity index (χ0n) is 17.4. The van der Waals surface area contributed by atoms with Gasteiger partial charge in [0.05, 0.1) is 0 Å². The highest BCUT2D eigenvalue weighted by atomic mass is 32.1. The summed E-state index contributed by atoms with van der Waals surface area (Å²) in [5.74, 6) is -1.87. The number of halogens is 1. The zero-order chi connectivity index (χ0) is 22.2. The molecule has 1 aliphatic rings. The van der Waals surface area contributed by atoms with E-state index in [9.17, 15) is 19.1 Å². The van der Waals surface area contributed by atoms with Crippen LogP contribution in [0.25, 0.3) is 0 Å². The van der Waals surface area contributed by atoms with Gasteiger partial charge in [-0.25, -0.2) is 14.0 Å². The Morgan fingerprint density at radius 2 is 2.06 bits per heavy atom. The number of carboxylic acid groups (broad SMARTS) is 1. The van der Waals surface area contributed by atoms with Crippen LogP contribution in [0.15, 0.2) is 18.2 Å². The first kappa shape index (κ1) is 23.0. The molecule has 8 nitrogen and oxygen atoms in total. The normalized spacial score (nSPS) is 13.9. The molecule has 31 heavy (non-hydrogen) atoms. The second-order valence-corrected chi connectivity index (χ2v) is 8.29. The van der Waals surface area contributed by atoms with E-state index in [1.807, 2.05) is 0 Å². The summed E-state index contributed by atoms with van der Waals surface area (Å²) in [5, 5.41) is 14.8. The van der Waals surface area contributed by atoms with E-state index in [-0.39, 0.29) is 28.6 Å². The highest BCUT2D eigenvalue weighted by Gasteiger charge is 2.23. The Balaban J connectivity index is 1.49. The topological polar surface area (TPSA) is 104 Å². The van der Waals surface area contributed by atoms with E-state index in [0.29, 0.717) is 6.54 Å². The van der Waals surface area contributed by atoms with Crippen LogP contribution in [-0.2, 0) is 6.61 Å². The fourth-order valence-corrected chi connectivity index (χ4v) is 4.10. The molecule has 3 N–H and O–H groups in total. The maximum Gasteiger partial charge on any atom is 0.344 e. The number of carboxylic acids is 1. The van der Waals surface area contributed by atoms with Crippen LogP contribution in [0.1, 0.15) is 47.2 Å². The average Bonchev–Trinajstić information content (AvgIpc) is 3.37. The molecule has 2 heterocycles. The van der Waals surface area contributed by atoms with Crippen LogP contribution in [0.4, 0.5) is 14.2 Å². The number of rotatable bonds is 10. The molecule has 10 heteroatoms. The number of hydrogen-bond acceptors (Lipinski definition) is 6. The van der Waals surface area contributed by atoms with E-state index in [0.717, 1.165) is 49.6 Å². The maximum absolute atomic E-state index is 14.0. The fourth-order valence-electron chi connectivity index (χ4n) is 3.38. The lowest BCUT2D eigenvalue weighted by Crippen LogP contribution is -2.30. The number of amides is 2. The van der Waals surface area contributed by atoms with E-state index in [1.165, 1.54) is 18.9 Å². The molecule has 1 aromatic carbocycles. The third kappa shape index (κ3) is 6.63. The number of benzene rings is 1. The van der Waals surface area contributed by atoms with Crippen molar-refractivity contribution in [3.05, 3.63) is 40.7 Å². The van der Waals surface area contributed by atoms with Crippen molar-refractivity contribution in [3.63, 3.8) is 0 Å². The zero-order valence-corrected chi connectivity index (χ0v) is 18.3. The van der Waals surface area contributed by atoms with Gasteiger partial charge >= 0.3 is 12.0 Å². The van der Waals surface area contributed by atoms with Crippen molar-refractivity contribution >= 4 is 28.5 Å². The Hall–Kier alpha value is -2.72. The number of hydrogen-bond donors (Lipinski definition) is 3. The number of anilines is 1. The molecule has 0 bridgehead atoms. The first-order valence-corrected chi connectivity index (χ1v) is 11.1. The summed E-state index contributed by atoms with van der Waals surface area (Å²) in [6.45, 7) is 5.43. The molecule has 2 amide bonds. The Morgan fingerprint density at radius 3 is 2.77 bits per heavy atom. The van der Waals surface area contributed by atoms with Gasteiger partial charge in [0, 0.05) is 12.1 Å². The summed E-state index contributed by atoms with van der Waals surface area (Å²) < 4.78 is 23.4. The fraction of sp³-hybridized carbons (Fsp3) is 0.476. The van der Waals surface area contributed by atoms with Crippen LogP contribution in [-0.4, -0.2) is 52.6 Å². The predicted octanol–water partition coefficient (Wildman–Crippen LogP) is 3.87. The van der Waals surface area contributed by atoms with E-state index in [4.69, 9.17) is 4.74 Å². The lowest BCUT2D eigenvalue weighted by Gasteiger charge is -2.14. The highest BCUT2D eigenvalue weighted by Crippen LogP contribution is 2.31. The number of nitrogens with zero attached hydrogens (tertiary/aromatic N) is 2. The smallest absolute Gasteiger partial charge is 0.344 e. The quantitative estimate of drug-likeness (QED) is 0.475. The molecule has 0 radical (unpaired) electrons. The van der Waals surface area contributed by atoms with Crippen molar-refractivity contribution in [1.82, 2.24) is 14.6 Å². The summed E-state index contributed by atoms with van der Waals surface area (Å²) in [5.41, 5.74) is 0.813. The molecule has 1 aromatic heterocycles. The summed E-state index contributed by atoms with van der Waals surface area (Å²) in [7, 11) is 0. The molecule has 168 valence electrons. The number of ether oxygens (including phenoxy) is 1. The van der Waals surface area contributed by atoms with Crippen LogP contribution in [0.2, 0.25) is 0 Å². The van der Waals surface area contributed by atoms with Crippen molar-refractivity contribution in [1.29, 1.82) is 0 Å². The third-order valence-corrected chi connectivity index (χ3v) is 5.81. The number of urea groups is 1. The highest BCUT2D eigenvalue weighted by molar-refractivity contribution is 7.11. The van der Waals surface area contributed by atoms with Crippen molar-refractivity contribution in [2.75, 3.05) is 31.5 Å². The van der Waals surface area contributed by atoms with Gasteiger partial charge in [-0.05, 0) is 75.4 Å². The lowest BCUT2D eigenvalue weighted by atomic mass is 10.1. The number of aromatic nitrogens is 1. The average molecular weight is 451 g/mol. The van der Waals surface area contributed by atoms with E-state index >= 15 is 0 Å². The minimum absolute atomic E-state index is 0.0708. The Labute approximate surface area is 184 Å². The second kappa shape index (κ2) is 11.1. The summed E-state index contributed by atoms with van der Waals surface area (Å²) in [4.78, 5) is 26.2. The monoisotopic (exact) mass is 450 g/mol. The number of aromatic carboxylic acids is 1. The van der Waals surface area contributed by atoms with Crippen molar-refractivity contribution in [3.8, 4) is 5.88 Å². The molecule has 0 aliphatic carbocycles. The number of likely N-dealkylation sites (tertiary alicyclic amines) is 1. The van der Waals surface area contributed by atoms with Crippen molar-refractivity contribution < 1.29 is 23.8 Å². The largest absolute Gasteiger partial charge is 0.477 e. The molecule has 1 saturated heterocycles. The molecular weight excluding hydrogens is 423 g/mol. The van der Waals surface area contributed by atoms with Crippen LogP contribution >= 0.6 is 11.5 Å². The number of unbranched alkanes of at least 4 members (excludes halogenated alkanes) is 1. The minimum atomic E-state index is -1.28. The van der Waals surface area contributed by atoms with Crippen LogP contribution in [0.5, 0.6) is 5.88 Å². The molecule has 1 aliphatic heterocycles. The molecule has 0 unspecified atom stereocenters. The van der Waals surface area contributed by atoms with Gasteiger partial charge in [0.25, 0.3) is 0 Å². The van der Waals surface area contributed by atoms with E-state index < -0.39 is 17.8 Å². The van der Waals surface area contributed by atoms with Crippen LogP contribution in [0, 0.1) is 12.7 Å². The van der Waals surface area contributed by atoms with Gasteiger partial charge < -0.3 is 20.1 Å². The van der Waals surface area contributed by atoms with Crippen LogP contribution < -0.4 is 15.4 Å². The number of nitrogens with one attached hydrogen (secondary N) is 2. The summed E-state index contributed by atoms with van der Waals surface area (Å²) in [6, 6.07) is 4.20. The van der Waals surface area contributed by atoms with Crippen molar-refractivity contribution in [2.45, 2.75) is 39.2 Å². The van der Waals surface area contributed by atoms with Gasteiger partial charge in [0.1, 0.15) is 17.4 Å². The number of carbonyl (C=O) groups excluding carboxylic acids is 1. The van der Waals surface area contributed by atoms with Gasteiger partial charge in [-0.1, -0.05) is 12.1 Å². The Morgan fingerprint density at radius 1 is 1.29 bits per heavy atom. The molecule has 0 atom stereocenters. The standard InChI is InChI=1S/C21H27FN4O4S/c1-14-6-7-15(16(22)12-14)13-30-18-17(20(27)28)19(31-25-18)24-21(29)23-8-2-3-9-26-10-4-5-11-26/h6-7,12H,2-5,8-11,13H2,1H3,(H,27,28)(H2,23,24,29). The van der Waals surface area contributed by atoms with Crippen molar-refractivity contribution in [2.24, 2.45) is 0 Å². The Bertz CT molecular complexity index is 915. The molecule has 1 fully saturated rings. The van der Waals surface area contributed by atoms with E-state index in [1.54, 1.807) is 19.1 Å².